The van der Waals surface area contributed by atoms with Crippen LogP contribution in [0.2, 0.25) is 10.0 Å². The van der Waals surface area contributed by atoms with Crippen molar-refractivity contribution < 1.29 is 9.84 Å². The van der Waals surface area contributed by atoms with E-state index >= 15 is 0 Å². The number of ether oxygens (including phenoxy) is 1. The molecule has 1 heterocycles. The molecule has 0 fully saturated rings. The van der Waals surface area contributed by atoms with Crippen molar-refractivity contribution in [3.63, 3.8) is 0 Å². The van der Waals surface area contributed by atoms with Crippen LogP contribution >= 0.6 is 34.5 Å². The van der Waals surface area contributed by atoms with Gasteiger partial charge < -0.3 is 9.84 Å². The molecule has 0 atom stereocenters. The summed E-state index contributed by atoms with van der Waals surface area (Å²) >= 11 is 13.3. The minimum atomic E-state index is 0.0890. The van der Waals surface area contributed by atoms with Gasteiger partial charge in [0.15, 0.2) is 0 Å². The van der Waals surface area contributed by atoms with Crippen molar-refractivity contribution in [2.24, 2.45) is 0 Å². The van der Waals surface area contributed by atoms with Crippen molar-refractivity contribution in [1.82, 2.24) is 0 Å². The highest BCUT2D eigenvalue weighted by Crippen LogP contribution is 2.27. The third-order valence-corrected chi connectivity index (χ3v) is 4.10. The van der Waals surface area contributed by atoms with Crippen LogP contribution in [0.5, 0.6) is 5.75 Å². The van der Waals surface area contributed by atoms with Crippen LogP contribution in [0.15, 0.2) is 30.3 Å². The molecule has 1 aromatic carbocycles. The smallest absolute Gasteiger partial charge is 0.122 e. The molecule has 2 nitrogen and oxygen atoms in total. The van der Waals surface area contributed by atoms with E-state index in [-0.39, 0.29) is 6.61 Å². The molecule has 2 rings (SSSR count). The summed E-state index contributed by atoms with van der Waals surface area (Å²) < 4.78 is 5.65. The van der Waals surface area contributed by atoms with Crippen molar-refractivity contribution in [3.8, 4) is 17.6 Å². The molecular formula is C15H12Cl2O2S. The Hall–Kier alpha value is -1.18. The lowest BCUT2D eigenvalue weighted by molar-refractivity contribution is 0.305. The van der Waals surface area contributed by atoms with E-state index in [1.165, 1.54) is 0 Å². The van der Waals surface area contributed by atoms with Crippen molar-refractivity contribution in [1.29, 1.82) is 0 Å². The summed E-state index contributed by atoms with van der Waals surface area (Å²) in [4.78, 5) is 2.04. The van der Waals surface area contributed by atoms with E-state index in [0.29, 0.717) is 28.8 Å². The van der Waals surface area contributed by atoms with E-state index in [0.717, 1.165) is 9.75 Å². The van der Waals surface area contributed by atoms with Crippen molar-refractivity contribution in [2.75, 3.05) is 6.61 Å². The third kappa shape index (κ3) is 4.43. The molecule has 0 bridgehead atoms. The van der Waals surface area contributed by atoms with E-state index in [2.05, 4.69) is 11.8 Å². The lowest BCUT2D eigenvalue weighted by atomic mass is 10.3. The van der Waals surface area contributed by atoms with Crippen LogP contribution in [-0.4, -0.2) is 11.7 Å². The number of rotatable bonds is 4. The Bertz CT molecular complexity index is 641. The first kappa shape index (κ1) is 15.2. The first-order valence-electron chi connectivity index (χ1n) is 5.95. The molecule has 20 heavy (non-hydrogen) atoms. The van der Waals surface area contributed by atoms with E-state index < -0.39 is 0 Å². The summed E-state index contributed by atoms with van der Waals surface area (Å²) in [6, 6.07) is 9.11. The molecule has 0 aliphatic heterocycles. The molecule has 0 aliphatic rings. The number of halogens is 2. The van der Waals surface area contributed by atoms with E-state index in [1.807, 2.05) is 12.1 Å². The molecule has 2 aromatic rings. The van der Waals surface area contributed by atoms with Crippen LogP contribution in [0, 0.1) is 11.8 Å². The molecule has 104 valence electrons. The molecular weight excluding hydrogens is 315 g/mol. The summed E-state index contributed by atoms with van der Waals surface area (Å²) in [5, 5.41) is 9.65. The van der Waals surface area contributed by atoms with Gasteiger partial charge in [-0.25, -0.2) is 0 Å². The number of aliphatic hydroxyl groups excluding tert-OH is 1. The van der Waals surface area contributed by atoms with Crippen LogP contribution in [0.4, 0.5) is 0 Å². The molecule has 0 unspecified atom stereocenters. The molecule has 0 aliphatic carbocycles. The lowest BCUT2D eigenvalue weighted by Gasteiger charge is -2.05. The maximum absolute atomic E-state index is 8.66. The Labute approximate surface area is 131 Å². The molecule has 1 aromatic heterocycles. The molecule has 1 N–H and O–H groups in total. The molecule has 5 heteroatoms. The van der Waals surface area contributed by atoms with Crippen molar-refractivity contribution in [2.45, 2.75) is 13.0 Å². The van der Waals surface area contributed by atoms with Crippen molar-refractivity contribution in [3.05, 3.63) is 50.1 Å². The highest BCUT2D eigenvalue weighted by atomic mass is 35.5. The molecule has 0 saturated carbocycles. The first-order chi connectivity index (χ1) is 9.69. The van der Waals surface area contributed by atoms with Gasteiger partial charge in [-0.1, -0.05) is 35.0 Å². The SMILES string of the molecule is OCCC#Cc1ccc(COc2ccc(Cl)c(Cl)c2)s1. The Morgan fingerprint density at radius 3 is 2.75 bits per heavy atom. The van der Waals surface area contributed by atoms with Crippen LogP contribution in [0.3, 0.4) is 0 Å². The molecule has 0 amide bonds. The number of hydrogen-bond acceptors (Lipinski definition) is 3. The highest BCUT2D eigenvalue weighted by Gasteiger charge is 2.02. The van der Waals surface area contributed by atoms with E-state index in [4.69, 9.17) is 33.0 Å². The summed E-state index contributed by atoms with van der Waals surface area (Å²) in [6.07, 6.45) is 0.493. The Kier molecular flexibility index (Phi) is 5.75. The van der Waals surface area contributed by atoms with Gasteiger partial charge in [-0.15, -0.1) is 11.3 Å². The summed E-state index contributed by atoms with van der Waals surface area (Å²) in [5.74, 6) is 6.57. The number of benzene rings is 1. The summed E-state index contributed by atoms with van der Waals surface area (Å²) in [7, 11) is 0. The Morgan fingerprint density at radius 1 is 1.15 bits per heavy atom. The fourth-order valence-corrected chi connectivity index (χ4v) is 2.53. The molecule has 0 saturated heterocycles. The topological polar surface area (TPSA) is 29.5 Å². The van der Waals surface area contributed by atoms with Gasteiger partial charge in [-0.05, 0) is 24.3 Å². The van der Waals surface area contributed by atoms with Crippen LogP contribution in [-0.2, 0) is 6.61 Å². The van der Waals surface area contributed by atoms with Crippen LogP contribution in [0.1, 0.15) is 16.2 Å². The van der Waals surface area contributed by atoms with Gasteiger partial charge in [0.1, 0.15) is 12.4 Å². The van der Waals surface area contributed by atoms with Gasteiger partial charge in [-0.3, -0.25) is 0 Å². The Balaban J connectivity index is 1.94. The van der Waals surface area contributed by atoms with Gasteiger partial charge in [-0.2, -0.15) is 0 Å². The second-order valence-corrected chi connectivity index (χ2v) is 5.89. The molecule has 0 radical (unpaired) electrons. The summed E-state index contributed by atoms with van der Waals surface area (Å²) in [6.45, 7) is 0.552. The average molecular weight is 327 g/mol. The quantitative estimate of drug-likeness (QED) is 0.845. The number of hydrogen-bond donors (Lipinski definition) is 1. The maximum atomic E-state index is 8.66. The predicted octanol–water partition coefficient (Wildman–Crippen LogP) is 4.37. The zero-order valence-corrected chi connectivity index (χ0v) is 12.9. The predicted molar refractivity (Wildman–Crippen MR) is 83.7 cm³/mol. The van der Waals surface area contributed by atoms with E-state index in [1.54, 1.807) is 29.5 Å². The minimum Gasteiger partial charge on any atom is -0.488 e. The monoisotopic (exact) mass is 326 g/mol. The standard InChI is InChI=1S/C15H12Cl2O2S/c16-14-7-4-11(9-15(14)17)19-10-13-6-5-12(20-13)3-1-2-8-18/h4-7,9,18H,2,8,10H2. The van der Waals surface area contributed by atoms with Gasteiger partial charge >= 0.3 is 0 Å². The van der Waals surface area contributed by atoms with Crippen LogP contribution < -0.4 is 4.74 Å². The van der Waals surface area contributed by atoms with Crippen LogP contribution in [0.25, 0.3) is 0 Å². The van der Waals surface area contributed by atoms with E-state index in [9.17, 15) is 0 Å². The minimum absolute atomic E-state index is 0.0890. The van der Waals surface area contributed by atoms with Gasteiger partial charge in [0.05, 0.1) is 21.5 Å². The largest absolute Gasteiger partial charge is 0.488 e. The fourth-order valence-electron chi connectivity index (χ4n) is 1.45. The number of aliphatic hydroxyl groups is 1. The Morgan fingerprint density at radius 2 is 2.00 bits per heavy atom. The second kappa shape index (κ2) is 7.56. The van der Waals surface area contributed by atoms with Gasteiger partial charge in [0.2, 0.25) is 0 Å². The summed E-state index contributed by atoms with van der Waals surface area (Å²) in [5.41, 5.74) is 0. The molecule has 0 spiro atoms. The maximum Gasteiger partial charge on any atom is 0.122 e. The third-order valence-electron chi connectivity index (χ3n) is 2.38. The van der Waals surface area contributed by atoms with Gasteiger partial charge in [0.25, 0.3) is 0 Å². The first-order valence-corrected chi connectivity index (χ1v) is 7.52. The highest BCUT2D eigenvalue weighted by molar-refractivity contribution is 7.12. The second-order valence-electron chi connectivity index (χ2n) is 3.91. The normalized spacial score (nSPS) is 9.95. The zero-order valence-electron chi connectivity index (χ0n) is 10.5. The fraction of sp³-hybridized carbons (Fsp3) is 0.200. The average Bonchev–Trinajstić information content (AvgIpc) is 2.88. The number of thiophene rings is 1. The van der Waals surface area contributed by atoms with Crippen molar-refractivity contribution >= 4 is 34.5 Å². The van der Waals surface area contributed by atoms with Gasteiger partial charge in [0, 0.05) is 17.4 Å². The zero-order chi connectivity index (χ0) is 14.4. The lowest BCUT2D eigenvalue weighted by Crippen LogP contribution is -1.92.